The van der Waals surface area contributed by atoms with Crippen LogP contribution in [0.3, 0.4) is 0 Å². The molecule has 0 aliphatic carbocycles. The number of hydrogen-bond donors (Lipinski definition) is 1. The Balaban J connectivity index is 2.61. The molecule has 1 rings (SSSR count). The molecule has 1 atom stereocenters. The SMILES string of the molecule is CCN(CC)CCN1C(=O)NC(C)(CC)C1=O. The van der Waals surface area contributed by atoms with Crippen molar-refractivity contribution in [1.29, 1.82) is 0 Å². The summed E-state index contributed by atoms with van der Waals surface area (Å²) in [5.74, 6) is -0.0999. The number of carbonyl (C=O) groups excluding carboxylic acids is 2. The number of imide groups is 1. The van der Waals surface area contributed by atoms with Crippen LogP contribution in [0.4, 0.5) is 4.79 Å². The van der Waals surface area contributed by atoms with Crippen LogP contribution >= 0.6 is 0 Å². The maximum absolute atomic E-state index is 12.1. The van der Waals surface area contributed by atoms with E-state index in [-0.39, 0.29) is 11.9 Å². The summed E-state index contributed by atoms with van der Waals surface area (Å²) < 4.78 is 0. The molecule has 1 N–H and O–H groups in total. The first kappa shape index (κ1) is 14.0. The molecule has 98 valence electrons. The normalized spacial score (nSPS) is 24.6. The van der Waals surface area contributed by atoms with Gasteiger partial charge in [-0.25, -0.2) is 4.79 Å². The van der Waals surface area contributed by atoms with Gasteiger partial charge in [0.05, 0.1) is 0 Å². The number of nitrogens with zero attached hydrogens (tertiary/aromatic N) is 2. The van der Waals surface area contributed by atoms with Crippen LogP contribution in [0.15, 0.2) is 0 Å². The fourth-order valence-corrected chi connectivity index (χ4v) is 1.97. The first-order valence-corrected chi connectivity index (χ1v) is 6.35. The van der Waals surface area contributed by atoms with E-state index in [1.807, 2.05) is 6.92 Å². The zero-order chi connectivity index (χ0) is 13.1. The van der Waals surface area contributed by atoms with E-state index in [0.29, 0.717) is 13.0 Å². The summed E-state index contributed by atoms with van der Waals surface area (Å²) in [7, 11) is 0. The second kappa shape index (κ2) is 5.49. The highest BCUT2D eigenvalue weighted by Gasteiger charge is 2.46. The van der Waals surface area contributed by atoms with E-state index in [0.717, 1.165) is 19.6 Å². The maximum atomic E-state index is 12.1. The van der Waals surface area contributed by atoms with E-state index in [1.54, 1.807) is 6.92 Å². The van der Waals surface area contributed by atoms with Crippen LogP contribution in [-0.2, 0) is 4.79 Å². The Labute approximate surface area is 103 Å². The average Bonchev–Trinajstić information content (AvgIpc) is 2.54. The lowest BCUT2D eigenvalue weighted by molar-refractivity contribution is -0.131. The molecule has 0 aromatic heterocycles. The van der Waals surface area contributed by atoms with Crippen molar-refractivity contribution < 1.29 is 9.59 Å². The van der Waals surface area contributed by atoms with Gasteiger partial charge in [0.15, 0.2) is 0 Å². The Morgan fingerprint density at radius 3 is 2.24 bits per heavy atom. The number of urea groups is 1. The van der Waals surface area contributed by atoms with E-state index < -0.39 is 5.54 Å². The predicted molar refractivity (Wildman–Crippen MR) is 66.7 cm³/mol. The molecule has 0 aromatic rings. The molecule has 0 bridgehead atoms. The average molecular weight is 241 g/mol. The lowest BCUT2D eigenvalue weighted by atomic mass is 9.99. The Morgan fingerprint density at radius 1 is 1.24 bits per heavy atom. The van der Waals surface area contributed by atoms with Crippen molar-refractivity contribution in [2.45, 2.75) is 39.7 Å². The molecule has 3 amide bonds. The summed E-state index contributed by atoms with van der Waals surface area (Å²) in [5.41, 5.74) is -0.708. The Bertz CT molecular complexity index is 302. The lowest BCUT2D eigenvalue weighted by Crippen LogP contribution is -2.44. The molecule has 1 aliphatic heterocycles. The number of nitrogens with one attached hydrogen (secondary N) is 1. The van der Waals surface area contributed by atoms with Crippen LogP contribution in [0.25, 0.3) is 0 Å². The number of rotatable bonds is 6. The predicted octanol–water partition coefficient (Wildman–Crippen LogP) is 1.05. The molecule has 0 aromatic carbocycles. The van der Waals surface area contributed by atoms with E-state index in [2.05, 4.69) is 24.1 Å². The zero-order valence-corrected chi connectivity index (χ0v) is 11.2. The van der Waals surface area contributed by atoms with E-state index >= 15 is 0 Å². The molecule has 5 nitrogen and oxygen atoms in total. The minimum Gasteiger partial charge on any atom is -0.323 e. The van der Waals surface area contributed by atoms with Gasteiger partial charge in [-0.2, -0.15) is 0 Å². The minimum atomic E-state index is -0.708. The van der Waals surface area contributed by atoms with Gasteiger partial charge in [-0.05, 0) is 26.4 Å². The number of amides is 3. The Morgan fingerprint density at radius 2 is 1.82 bits per heavy atom. The summed E-state index contributed by atoms with van der Waals surface area (Å²) in [6.07, 6.45) is 0.624. The lowest BCUT2D eigenvalue weighted by Gasteiger charge is -2.22. The number of carbonyl (C=O) groups is 2. The summed E-state index contributed by atoms with van der Waals surface area (Å²) in [6.45, 7) is 10.9. The van der Waals surface area contributed by atoms with Gasteiger partial charge in [-0.3, -0.25) is 9.69 Å². The first-order valence-electron chi connectivity index (χ1n) is 6.35. The quantitative estimate of drug-likeness (QED) is 0.707. The van der Waals surface area contributed by atoms with Crippen molar-refractivity contribution in [1.82, 2.24) is 15.1 Å². The minimum absolute atomic E-state index is 0.0999. The van der Waals surface area contributed by atoms with Gasteiger partial charge in [0.2, 0.25) is 0 Å². The van der Waals surface area contributed by atoms with Crippen LogP contribution in [0.1, 0.15) is 34.1 Å². The van der Waals surface area contributed by atoms with Crippen molar-refractivity contribution in [3.05, 3.63) is 0 Å². The Kier molecular flexibility index (Phi) is 4.51. The zero-order valence-electron chi connectivity index (χ0n) is 11.2. The van der Waals surface area contributed by atoms with Crippen LogP contribution in [0.5, 0.6) is 0 Å². The van der Waals surface area contributed by atoms with E-state index in [4.69, 9.17) is 0 Å². The third kappa shape index (κ3) is 2.77. The topological polar surface area (TPSA) is 52.6 Å². The molecule has 17 heavy (non-hydrogen) atoms. The molecule has 1 unspecified atom stereocenters. The van der Waals surface area contributed by atoms with Gasteiger partial charge in [-0.1, -0.05) is 20.8 Å². The van der Waals surface area contributed by atoms with Crippen molar-refractivity contribution in [2.24, 2.45) is 0 Å². The van der Waals surface area contributed by atoms with Gasteiger partial charge in [0, 0.05) is 13.1 Å². The van der Waals surface area contributed by atoms with Gasteiger partial charge in [0.25, 0.3) is 5.91 Å². The van der Waals surface area contributed by atoms with Crippen molar-refractivity contribution in [3.8, 4) is 0 Å². The van der Waals surface area contributed by atoms with Crippen LogP contribution < -0.4 is 5.32 Å². The molecular weight excluding hydrogens is 218 g/mol. The highest BCUT2D eigenvalue weighted by Crippen LogP contribution is 2.20. The monoisotopic (exact) mass is 241 g/mol. The summed E-state index contributed by atoms with van der Waals surface area (Å²) in [5, 5.41) is 2.76. The molecule has 0 spiro atoms. The van der Waals surface area contributed by atoms with Crippen LogP contribution in [0.2, 0.25) is 0 Å². The fourth-order valence-electron chi connectivity index (χ4n) is 1.97. The largest absolute Gasteiger partial charge is 0.325 e. The molecule has 1 aliphatic rings. The molecular formula is C12H23N3O2. The Hall–Kier alpha value is -1.10. The molecule has 0 radical (unpaired) electrons. The molecule has 1 fully saturated rings. The standard InChI is InChI=1S/C12H23N3O2/c1-5-12(4)10(16)15(11(17)13-12)9-8-14(6-2)7-3/h5-9H2,1-4H3,(H,13,17). The second-order valence-electron chi connectivity index (χ2n) is 4.60. The third-order valence-electron chi connectivity index (χ3n) is 3.59. The van der Waals surface area contributed by atoms with Gasteiger partial charge in [0.1, 0.15) is 5.54 Å². The summed E-state index contributed by atoms with van der Waals surface area (Å²) >= 11 is 0. The molecule has 5 heteroatoms. The highest BCUT2D eigenvalue weighted by atomic mass is 16.2. The number of hydrogen-bond acceptors (Lipinski definition) is 3. The van der Waals surface area contributed by atoms with Gasteiger partial charge < -0.3 is 10.2 Å². The summed E-state index contributed by atoms with van der Waals surface area (Å²) in [4.78, 5) is 27.3. The second-order valence-corrected chi connectivity index (χ2v) is 4.60. The van der Waals surface area contributed by atoms with Crippen molar-refractivity contribution in [2.75, 3.05) is 26.2 Å². The van der Waals surface area contributed by atoms with Gasteiger partial charge >= 0.3 is 6.03 Å². The van der Waals surface area contributed by atoms with Crippen molar-refractivity contribution >= 4 is 11.9 Å². The van der Waals surface area contributed by atoms with E-state index in [1.165, 1.54) is 4.90 Å². The third-order valence-corrected chi connectivity index (χ3v) is 3.59. The molecule has 1 saturated heterocycles. The smallest absolute Gasteiger partial charge is 0.323 e. The van der Waals surface area contributed by atoms with Crippen LogP contribution in [0, 0.1) is 0 Å². The first-order chi connectivity index (χ1) is 7.98. The van der Waals surface area contributed by atoms with Gasteiger partial charge in [-0.15, -0.1) is 0 Å². The van der Waals surface area contributed by atoms with Crippen molar-refractivity contribution in [3.63, 3.8) is 0 Å². The molecule has 1 heterocycles. The molecule has 0 saturated carbocycles. The maximum Gasteiger partial charge on any atom is 0.325 e. The fraction of sp³-hybridized carbons (Fsp3) is 0.833. The van der Waals surface area contributed by atoms with E-state index in [9.17, 15) is 9.59 Å². The summed E-state index contributed by atoms with van der Waals surface area (Å²) in [6, 6.07) is -0.258. The number of likely N-dealkylation sites (N-methyl/N-ethyl adjacent to an activating group) is 1. The highest BCUT2D eigenvalue weighted by molar-refractivity contribution is 6.06. The van der Waals surface area contributed by atoms with Crippen LogP contribution in [-0.4, -0.2) is 53.5 Å².